The van der Waals surface area contributed by atoms with E-state index in [1.807, 2.05) is 18.2 Å². The first-order valence-electron chi connectivity index (χ1n) is 12.3. The Labute approximate surface area is 223 Å². The van der Waals surface area contributed by atoms with E-state index in [4.69, 9.17) is 11.6 Å². The Hall–Kier alpha value is -3.48. The lowest BCUT2D eigenvalue weighted by Crippen LogP contribution is -2.47. The predicted molar refractivity (Wildman–Crippen MR) is 137 cm³/mol. The molecule has 1 fully saturated rings. The molecule has 2 aromatic carbocycles. The minimum atomic E-state index is -1.86. The SMILES string of the molecule is CC(n1nnc(CCN2CCN(c3cccc(Cl)c3)CC2)n1)C(O)(Cn1cncn1)c1ccc(F)cc1F. The van der Waals surface area contributed by atoms with Gasteiger partial charge in [0, 0.05) is 61.5 Å². The normalized spacial score (nSPS) is 16.9. The number of halogens is 3. The van der Waals surface area contributed by atoms with Crippen molar-refractivity contribution in [3.8, 4) is 0 Å². The van der Waals surface area contributed by atoms with Crippen LogP contribution in [0.15, 0.2) is 55.1 Å². The van der Waals surface area contributed by atoms with Crippen LogP contribution in [0.1, 0.15) is 24.4 Å². The molecule has 38 heavy (non-hydrogen) atoms. The Balaban J connectivity index is 1.25. The first kappa shape index (κ1) is 26.1. The predicted octanol–water partition coefficient (Wildman–Crippen LogP) is 2.71. The molecule has 1 aliphatic rings. The summed E-state index contributed by atoms with van der Waals surface area (Å²) in [5, 5.41) is 29.3. The van der Waals surface area contributed by atoms with Crippen LogP contribution < -0.4 is 4.90 Å². The van der Waals surface area contributed by atoms with E-state index in [9.17, 15) is 13.9 Å². The van der Waals surface area contributed by atoms with Gasteiger partial charge in [-0.3, -0.25) is 4.90 Å². The van der Waals surface area contributed by atoms with Crippen LogP contribution in [0, 0.1) is 11.6 Å². The number of rotatable bonds is 9. The molecule has 10 nitrogen and oxygen atoms in total. The standard InChI is InChI=1S/C25H28ClF2N9O/c1-18(25(38,15-36-17-29-16-30-36)22-6-5-20(27)14-23(22)28)37-32-24(31-33-37)7-8-34-9-11-35(12-10-34)21-4-2-3-19(26)13-21/h2-6,13-14,16-18,38H,7-12,15H2,1H3. The lowest BCUT2D eigenvalue weighted by atomic mass is 9.86. The molecule has 2 aromatic heterocycles. The molecule has 5 rings (SSSR count). The van der Waals surface area contributed by atoms with Crippen molar-refractivity contribution in [3.63, 3.8) is 0 Å². The Morgan fingerprint density at radius 2 is 1.92 bits per heavy atom. The van der Waals surface area contributed by atoms with E-state index in [2.05, 4.69) is 41.4 Å². The van der Waals surface area contributed by atoms with E-state index in [-0.39, 0.29) is 12.1 Å². The van der Waals surface area contributed by atoms with Crippen LogP contribution in [-0.4, -0.2) is 77.7 Å². The van der Waals surface area contributed by atoms with Crippen molar-refractivity contribution in [1.82, 2.24) is 39.9 Å². The molecule has 0 aliphatic carbocycles. The van der Waals surface area contributed by atoms with Crippen LogP contribution >= 0.6 is 11.6 Å². The van der Waals surface area contributed by atoms with Crippen molar-refractivity contribution in [2.75, 3.05) is 37.6 Å². The molecule has 2 atom stereocenters. The van der Waals surface area contributed by atoms with Gasteiger partial charge < -0.3 is 10.0 Å². The number of benzene rings is 2. The second-order valence-electron chi connectivity index (χ2n) is 9.40. The number of nitrogens with zero attached hydrogens (tertiary/aromatic N) is 9. The Morgan fingerprint density at radius 1 is 1.11 bits per heavy atom. The number of hydrogen-bond donors (Lipinski definition) is 1. The van der Waals surface area contributed by atoms with Crippen LogP contribution in [0.25, 0.3) is 0 Å². The number of piperazine rings is 1. The summed E-state index contributed by atoms with van der Waals surface area (Å²) < 4.78 is 29.8. The Bertz CT molecular complexity index is 1360. The third kappa shape index (κ3) is 5.66. The zero-order chi connectivity index (χ0) is 26.7. The zero-order valence-electron chi connectivity index (χ0n) is 20.8. The van der Waals surface area contributed by atoms with Crippen molar-refractivity contribution in [3.05, 3.63) is 83.2 Å². The Kier molecular flexibility index (Phi) is 7.63. The number of anilines is 1. The molecule has 13 heteroatoms. The topological polar surface area (TPSA) is 101 Å². The van der Waals surface area contributed by atoms with Crippen LogP contribution in [-0.2, 0) is 18.6 Å². The summed E-state index contributed by atoms with van der Waals surface area (Å²) in [6, 6.07) is 10.1. The van der Waals surface area contributed by atoms with Gasteiger partial charge in [0.05, 0.1) is 6.54 Å². The lowest BCUT2D eigenvalue weighted by molar-refractivity contribution is -0.0418. The number of aromatic nitrogens is 7. The van der Waals surface area contributed by atoms with Crippen molar-refractivity contribution in [2.24, 2.45) is 0 Å². The molecule has 2 unspecified atom stereocenters. The summed E-state index contributed by atoms with van der Waals surface area (Å²) in [6.45, 7) is 5.80. The average Bonchev–Trinajstić information content (AvgIpc) is 3.59. The number of hydrogen-bond acceptors (Lipinski definition) is 8. The summed E-state index contributed by atoms with van der Waals surface area (Å²) in [4.78, 5) is 9.80. The van der Waals surface area contributed by atoms with Gasteiger partial charge in [-0.1, -0.05) is 23.7 Å². The highest BCUT2D eigenvalue weighted by Gasteiger charge is 2.41. The highest BCUT2D eigenvalue weighted by Crippen LogP contribution is 2.36. The van der Waals surface area contributed by atoms with Gasteiger partial charge >= 0.3 is 0 Å². The van der Waals surface area contributed by atoms with Crippen molar-refractivity contribution in [1.29, 1.82) is 0 Å². The maximum absolute atomic E-state index is 14.8. The van der Waals surface area contributed by atoms with Gasteiger partial charge in [-0.25, -0.2) is 18.4 Å². The zero-order valence-corrected chi connectivity index (χ0v) is 21.6. The third-order valence-electron chi connectivity index (χ3n) is 6.97. The molecule has 0 saturated carbocycles. The summed E-state index contributed by atoms with van der Waals surface area (Å²) in [7, 11) is 0. The van der Waals surface area contributed by atoms with Gasteiger partial charge in [0.2, 0.25) is 0 Å². The van der Waals surface area contributed by atoms with Gasteiger partial charge in [0.15, 0.2) is 5.82 Å². The molecule has 0 radical (unpaired) electrons. The fourth-order valence-electron chi connectivity index (χ4n) is 4.72. The molecule has 3 heterocycles. The van der Waals surface area contributed by atoms with Crippen LogP contribution in [0.2, 0.25) is 5.02 Å². The van der Waals surface area contributed by atoms with E-state index in [1.54, 1.807) is 6.92 Å². The molecule has 200 valence electrons. The summed E-state index contributed by atoms with van der Waals surface area (Å²) in [5.74, 6) is -1.11. The minimum absolute atomic E-state index is 0.0988. The molecule has 0 bridgehead atoms. The molecule has 0 spiro atoms. The molecule has 4 aromatic rings. The first-order valence-corrected chi connectivity index (χ1v) is 12.7. The summed E-state index contributed by atoms with van der Waals surface area (Å²) in [5.41, 5.74) is -0.842. The first-order chi connectivity index (χ1) is 18.3. The van der Waals surface area contributed by atoms with E-state index in [0.29, 0.717) is 12.2 Å². The molecular formula is C25H28ClF2N9O. The minimum Gasteiger partial charge on any atom is -0.381 e. The molecular weight excluding hydrogens is 516 g/mol. The van der Waals surface area contributed by atoms with E-state index in [1.165, 1.54) is 28.2 Å². The van der Waals surface area contributed by atoms with Crippen LogP contribution in [0.5, 0.6) is 0 Å². The van der Waals surface area contributed by atoms with E-state index < -0.39 is 23.3 Å². The summed E-state index contributed by atoms with van der Waals surface area (Å²) in [6.07, 6.45) is 3.29. The van der Waals surface area contributed by atoms with Crippen LogP contribution in [0.4, 0.5) is 14.5 Å². The summed E-state index contributed by atoms with van der Waals surface area (Å²) >= 11 is 6.13. The smallest absolute Gasteiger partial charge is 0.176 e. The number of aliphatic hydroxyl groups is 1. The van der Waals surface area contributed by atoms with Gasteiger partial charge in [-0.15, -0.1) is 10.2 Å². The molecule has 1 N–H and O–H groups in total. The second-order valence-corrected chi connectivity index (χ2v) is 9.84. The van der Waals surface area contributed by atoms with Crippen molar-refractivity contribution >= 4 is 17.3 Å². The van der Waals surface area contributed by atoms with Gasteiger partial charge in [-0.2, -0.15) is 9.90 Å². The van der Waals surface area contributed by atoms with Gasteiger partial charge in [0.1, 0.15) is 35.9 Å². The van der Waals surface area contributed by atoms with E-state index >= 15 is 0 Å². The maximum Gasteiger partial charge on any atom is 0.176 e. The maximum atomic E-state index is 14.8. The lowest BCUT2D eigenvalue weighted by Gasteiger charge is -2.36. The fraction of sp³-hybridized carbons (Fsp3) is 0.400. The van der Waals surface area contributed by atoms with Crippen molar-refractivity contribution in [2.45, 2.75) is 31.5 Å². The molecule has 1 aliphatic heterocycles. The molecule has 0 amide bonds. The van der Waals surface area contributed by atoms with Gasteiger partial charge in [0.25, 0.3) is 0 Å². The monoisotopic (exact) mass is 543 g/mol. The Morgan fingerprint density at radius 3 is 2.63 bits per heavy atom. The van der Waals surface area contributed by atoms with E-state index in [0.717, 1.165) is 55.6 Å². The fourth-order valence-corrected chi connectivity index (χ4v) is 4.90. The second kappa shape index (κ2) is 11.1. The highest BCUT2D eigenvalue weighted by atomic mass is 35.5. The third-order valence-corrected chi connectivity index (χ3v) is 7.21. The van der Waals surface area contributed by atoms with Crippen LogP contribution in [0.3, 0.4) is 0 Å². The van der Waals surface area contributed by atoms with Gasteiger partial charge in [-0.05, 0) is 36.4 Å². The quantitative estimate of drug-likeness (QED) is 0.344. The largest absolute Gasteiger partial charge is 0.381 e. The average molecular weight is 544 g/mol. The van der Waals surface area contributed by atoms with Crippen molar-refractivity contribution < 1.29 is 13.9 Å². The number of tetrazole rings is 1. The molecule has 1 saturated heterocycles. The highest BCUT2D eigenvalue weighted by molar-refractivity contribution is 6.30.